The van der Waals surface area contributed by atoms with E-state index in [-0.39, 0.29) is 19.6 Å². The van der Waals surface area contributed by atoms with Crippen LogP contribution in [0.3, 0.4) is 0 Å². The van der Waals surface area contributed by atoms with E-state index in [4.69, 9.17) is 9.47 Å². The van der Waals surface area contributed by atoms with Crippen molar-refractivity contribution in [1.82, 2.24) is 10.6 Å². The number of ether oxygens (including phenoxy) is 2. The number of rotatable bonds is 11. The standard InChI is InChI=1S/C26H32N2O6/c29-23(28-24(25(30)31)33-17-20-12-6-2-7-13-20)22(16-19-10-4-1-5-11-19)27-26(32)34-18-21-14-8-3-9-15-21/h1,3-5,8-11,14-15,20,22,24H,2,6-7,12-13,16-18H2,(H,27,32)(H,28,29)(H,30,31)/t22-,24?/m0/s1. The molecule has 34 heavy (non-hydrogen) atoms. The molecule has 2 amide bonds. The smallest absolute Gasteiger partial charge is 0.408 e. The highest BCUT2D eigenvalue weighted by molar-refractivity contribution is 5.89. The maximum atomic E-state index is 13.0. The Morgan fingerprint density at radius 3 is 2.12 bits per heavy atom. The summed E-state index contributed by atoms with van der Waals surface area (Å²) in [5.74, 6) is -1.65. The number of aliphatic carboxylic acids is 1. The summed E-state index contributed by atoms with van der Waals surface area (Å²) in [6.07, 6.45) is 3.28. The van der Waals surface area contributed by atoms with Crippen molar-refractivity contribution in [1.29, 1.82) is 0 Å². The van der Waals surface area contributed by atoms with Crippen LogP contribution in [-0.4, -0.2) is 42.0 Å². The SMILES string of the molecule is O=C(N[C@@H](Cc1ccccc1)C(=O)NC(OCC1CCCCC1)C(=O)O)OCc1ccccc1. The lowest BCUT2D eigenvalue weighted by Gasteiger charge is -2.25. The molecule has 0 aliphatic heterocycles. The van der Waals surface area contributed by atoms with Crippen LogP contribution < -0.4 is 10.6 Å². The molecule has 0 bridgehead atoms. The molecule has 0 saturated heterocycles. The second-order valence-electron chi connectivity index (χ2n) is 8.51. The number of carboxylic acids is 1. The van der Waals surface area contributed by atoms with E-state index in [0.717, 1.165) is 36.8 Å². The van der Waals surface area contributed by atoms with Crippen molar-refractivity contribution < 1.29 is 29.0 Å². The Kier molecular flexibility index (Phi) is 9.91. The van der Waals surface area contributed by atoms with Crippen LogP contribution in [0.4, 0.5) is 4.79 Å². The molecule has 0 aromatic heterocycles. The van der Waals surface area contributed by atoms with E-state index >= 15 is 0 Å². The Bertz CT molecular complexity index is 915. The highest BCUT2D eigenvalue weighted by Gasteiger charge is 2.28. The molecule has 1 saturated carbocycles. The monoisotopic (exact) mass is 468 g/mol. The first kappa shape index (κ1) is 25.2. The van der Waals surface area contributed by atoms with Crippen molar-refractivity contribution >= 4 is 18.0 Å². The van der Waals surface area contributed by atoms with Gasteiger partial charge in [0.25, 0.3) is 0 Å². The van der Waals surface area contributed by atoms with Gasteiger partial charge < -0.3 is 25.2 Å². The van der Waals surface area contributed by atoms with Gasteiger partial charge in [0.15, 0.2) is 0 Å². The first-order valence-electron chi connectivity index (χ1n) is 11.7. The van der Waals surface area contributed by atoms with Gasteiger partial charge in [-0.3, -0.25) is 4.79 Å². The zero-order valence-electron chi connectivity index (χ0n) is 19.2. The first-order chi connectivity index (χ1) is 16.5. The van der Waals surface area contributed by atoms with Crippen molar-refractivity contribution in [3.05, 3.63) is 71.8 Å². The third-order valence-corrected chi connectivity index (χ3v) is 5.82. The number of carbonyl (C=O) groups excluding carboxylic acids is 2. The number of alkyl carbamates (subject to hydrolysis) is 1. The van der Waals surface area contributed by atoms with Crippen LogP contribution in [0.2, 0.25) is 0 Å². The van der Waals surface area contributed by atoms with Crippen LogP contribution in [0, 0.1) is 5.92 Å². The molecule has 182 valence electrons. The van der Waals surface area contributed by atoms with E-state index in [1.807, 2.05) is 60.7 Å². The van der Waals surface area contributed by atoms with Gasteiger partial charge in [-0.25, -0.2) is 9.59 Å². The number of nitrogens with one attached hydrogen (secondary N) is 2. The second-order valence-corrected chi connectivity index (χ2v) is 8.51. The third kappa shape index (κ3) is 8.51. The Hall–Kier alpha value is -3.39. The molecule has 1 unspecified atom stereocenters. The highest BCUT2D eigenvalue weighted by Crippen LogP contribution is 2.24. The fourth-order valence-electron chi connectivity index (χ4n) is 3.96. The maximum Gasteiger partial charge on any atom is 0.408 e. The minimum absolute atomic E-state index is 0.0502. The van der Waals surface area contributed by atoms with Gasteiger partial charge in [-0.15, -0.1) is 0 Å². The van der Waals surface area contributed by atoms with Gasteiger partial charge in [0.05, 0.1) is 6.61 Å². The lowest BCUT2D eigenvalue weighted by Crippen LogP contribution is -2.53. The maximum absolute atomic E-state index is 13.0. The minimum Gasteiger partial charge on any atom is -0.478 e. The summed E-state index contributed by atoms with van der Waals surface area (Å²) in [5.41, 5.74) is 1.62. The van der Waals surface area contributed by atoms with Crippen molar-refractivity contribution in [2.45, 2.75) is 57.4 Å². The normalized spacial score (nSPS) is 15.6. The average Bonchev–Trinajstić information content (AvgIpc) is 2.86. The molecule has 1 fully saturated rings. The summed E-state index contributed by atoms with van der Waals surface area (Å²) in [5, 5.41) is 14.6. The van der Waals surface area contributed by atoms with Crippen molar-refractivity contribution in [2.75, 3.05) is 6.61 Å². The van der Waals surface area contributed by atoms with E-state index in [1.54, 1.807) is 0 Å². The van der Waals surface area contributed by atoms with Crippen LogP contribution in [0.1, 0.15) is 43.2 Å². The van der Waals surface area contributed by atoms with E-state index in [0.29, 0.717) is 5.92 Å². The van der Waals surface area contributed by atoms with Crippen LogP contribution in [-0.2, 0) is 32.1 Å². The number of hydrogen-bond donors (Lipinski definition) is 3. The topological polar surface area (TPSA) is 114 Å². The molecule has 8 heteroatoms. The molecule has 3 rings (SSSR count). The van der Waals surface area contributed by atoms with Gasteiger partial charge in [0, 0.05) is 6.42 Å². The zero-order chi connectivity index (χ0) is 24.2. The van der Waals surface area contributed by atoms with E-state index in [9.17, 15) is 19.5 Å². The lowest BCUT2D eigenvalue weighted by molar-refractivity contribution is -0.157. The van der Waals surface area contributed by atoms with Gasteiger partial charge in [0.2, 0.25) is 12.1 Å². The molecule has 0 heterocycles. The molecule has 1 aliphatic carbocycles. The largest absolute Gasteiger partial charge is 0.478 e. The highest BCUT2D eigenvalue weighted by atomic mass is 16.5. The number of amides is 2. The van der Waals surface area contributed by atoms with E-state index < -0.39 is 30.2 Å². The molecule has 1 aliphatic rings. The minimum atomic E-state index is -1.49. The quantitative estimate of drug-likeness (QED) is 0.434. The van der Waals surface area contributed by atoms with Crippen LogP contribution in [0.15, 0.2) is 60.7 Å². The fraction of sp³-hybridized carbons (Fsp3) is 0.423. The Labute approximate surface area is 199 Å². The number of benzene rings is 2. The molecule has 2 atom stereocenters. The van der Waals surface area contributed by atoms with Crippen LogP contribution >= 0.6 is 0 Å². The molecule has 0 radical (unpaired) electrons. The summed E-state index contributed by atoms with van der Waals surface area (Å²) >= 11 is 0. The summed E-state index contributed by atoms with van der Waals surface area (Å²) < 4.78 is 10.8. The molecule has 2 aromatic carbocycles. The number of carbonyl (C=O) groups is 3. The molecule has 0 spiro atoms. The number of hydrogen-bond acceptors (Lipinski definition) is 5. The first-order valence-corrected chi connectivity index (χ1v) is 11.7. The average molecular weight is 469 g/mol. The summed E-state index contributed by atoms with van der Waals surface area (Å²) in [4.78, 5) is 37.1. The van der Waals surface area contributed by atoms with Crippen LogP contribution in [0.5, 0.6) is 0 Å². The molecular weight excluding hydrogens is 436 g/mol. The summed E-state index contributed by atoms with van der Waals surface area (Å²) in [6.45, 7) is 0.321. The van der Waals surface area contributed by atoms with E-state index in [2.05, 4.69) is 10.6 Å². The second kappa shape index (κ2) is 13.3. The van der Waals surface area contributed by atoms with Gasteiger partial charge in [-0.05, 0) is 29.9 Å². The molecule has 2 aromatic rings. The Balaban J connectivity index is 1.60. The summed E-state index contributed by atoms with van der Waals surface area (Å²) in [6, 6.07) is 17.3. The molecule has 8 nitrogen and oxygen atoms in total. The predicted molar refractivity (Wildman–Crippen MR) is 126 cm³/mol. The van der Waals surface area contributed by atoms with Crippen molar-refractivity contribution in [2.24, 2.45) is 5.92 Å². The van der Waals surface area contributed by atoms with Crippen molar-refractivity contribution in [3.63, 3.8) is 0 Å². The van der Waals surface area contributed by atoms with E-state index in [1.165, 1.54) is 6.42 Å². The summed E-state index contributed by atoms with van der Waals surface area (Å²) in [7, 11) is 0. The Morgan fingerprint density at radius 1 is 0.882 bits per heavy atom. The van der Waals surface area contributed by atoms with Crippen LogP contribution in [0.25, 0.3) is 0 Å². The predicted octanol–water partition coefficient (Wildman–Crippen LogP) is 3.65. The third-order valence-electron chi connectivity index (χ3n) is 5.82. The van der Waals surface area contributed by atoms with Gasteiger partial charge in [0.1, 0.15) is 12.6 Å². The zero-order valence-corrected chi connectivity index (χ0v) is 19.2. The van der Waals surface area contributed by atoms with Gasteiger partial charge in [-0.2, -0.15) is 0 Å². The van der Waals surface area contributed by atoms with Gasteiger partial charge >= 0.3 is 12.1 Å². The van der Waals surface area contributed by atoms with Crippen molar-refractivity contribution in [3.8, 4) is 0 Å². The molecular formula is C26H32N2O6. The fourth-order valence-corrected chi connectivity index (χ4v) is 3.96. The lowest BCUT2D eigenvalue weighted by atomic mass is 9.90. The number of carboxylic acid groups (broad SMARTS) is 1. The van der Waals surface area contributed by atoms with Gasteiger partial charge in [-0.1, -0.05) is 79.9 Å². The Morgan fingerprint density at radius 2 is 1.50 bits per heavy atom. The molecule has 3 N–H and O–H groups in total.